The number of rotatable bonds is 9. The van der Waals surface area contributed by atoms with E-state index in [4.69, 9.17) is 4.74 Å². The molecule has 1 aliphatic heterocycles. The van der Waals surface area contributed by atoms with Crippen LogP contribution in [-0.4, -0.2) is 58.0 Å². The maximum atomic E-state index is 12.2. The molecule has 2 aromatic rings. The molecule has 6 heteroatoms. The molecule has 0 spiro atoms. The van der Waals surface area contributed by atoms with E-state index in [9.17, 15) is 4.79 Å². The van der Waals surface area contributed by atoms with E-state index in [0.717, 1.165) is 50.0 Å². The fourth-order valence-electron chi connectivity index (χ4n) is 3.37. The third-order valence-electron chi connectivity index (χ3n) is 5.00. The Morgan fingerprint density at radius 2 is 1.82 bits per heavy atom. The Balaban J connectivity index is 1.29. The molecule has 28 heavy (non-hydrogen) atoms. The number of carbonyl (C=O) groups excluding carboxylic acids is 1. The van der Waals surface area contributed by atoms with Gasteiger partial charge in [-0.05, 0) is 29.8 Å². The Morgan fingerprint density at radius 3 is 2.50 bits per heavy atom. The predicted octanol–water partition coefficient (Wildman–Crippen LogP) is 1.45. The number of ether oxygens (including phenoxy) is 1. The molecule has 0 aromatic heterocycles. The minimum Gasteiger partial charge on any atom is -0.497 e. The predicted molar refractivity (Wildman–Crippen MR) is 116 cm³/mol. The van der Waals surface area contributed by atoms with Crippen molar-refractivity contribution in [2.24, 2.45) is 0 Å². The molecule has 2 N–H and O–H groups in total. The van der Waals surface area contributed by atoms with E-state index in [1.165, 1.54) is 16.2 Å². The van der Waals surface area contributed by atoms with Gasteiger partial charge in [-0.1, -0.05) is 30.3 Å². The minimum absolute atomic E-state index is 0.160. The van der Waals surface area contributed by atoms with Crippen LogP contribution in [0.4, 0.5) is 5.69 Å². The van der Waals surface area contributed by atoms with Gasteiger partial charge >= 0.3 is 0 Å². The molecule has 0 unspecified atom stereocenters. The van der Waals surface area contributed by atoms with Crippen LogP contribution >= 0.6 is 11.8 Å². The van der Waals surface area contributed by atoms with E-state index in [-0.39, 0.29) is 5.91 Å². The molecule has 1 heterocycles. The second kappa shape index (κ2) is 11.0. The van der Waals surface area contributed by atoms with Crippen molar-refractivity contribution in [3.05, 3.63) is 60.2 Å². The largest absolute Gasteiger partial charge is 0.497 e. The van der Waals surface area contributed by atoms with Gasteiger partial charge < -0.3 is 19.9 Å². The van der Waals surface area contributed by atoms with Crippen LogP contribution in [0.2, 0.25) is 0 Å². The van der Waals surface area contributed by atoms with Gasteiger partial charge in [0, 0.05) is 23.7 Å². The minimum atomic E-state index is 0.160. The van der Waals surface area contributed by atoms with E-state index in [0.29, 0.717) is 6.54 Å². The lowest BCUT2D eigenvalue weighted by Gasteiger charge is -2.33. The first-order valence-corrected chi connectivity index (χ1v) is 11.0. The highest BCUT2D eigenvalue weighted by molar-refractivity contribution is 7.98. The summed E-state index contributed by atoms with van der Waals surface area (Å²) in [6, 6.07) is 18.6. The fraction of sp³-hybridized carbons (Fsp3) is 0.409. The van der Waals surface area contributed by atoms with Crippen LogP contribution in [0.15, 0.2) is 54.6 Å². The molecule has 0 radical (unpaired) electrons. The van der Waals surface area contributed by atoms with Gasteiger partial charge in [0.25, 0.3) is 5.91 Å². The summed E-state index contributed by atoms with van der Waals surface area (Å²) >= 11 is 1.86. The molecule has 1 aliphatic rings. The topological polar surface area (TPSA) is 46.0 Å². The third-order valence-corrected chi connectivity index (χ3v) is 6.03. The molecular formula is C22H30N3O2S+. The number of methoxy groups -OCH3 is 1. The Morgan fingerprint density at radius 1 is 1.11 bits per heavy atom. The zero-order valence-electron chi connectivity index (χ0n) is 16.5. The zero-order valence-corrected chi connectivity index (χ0v) is 17.3. The summed E-state index contributed by atoms with van der Waals surface area (Å²) in [5, 5.41) is 3.06. The van der Waals surface area contributed by atoms with Crippen LogP contribution in [0.5, 0.6) is 5.75 Å². The Hall–Kier alpha value is -2.18. The number of hydrogen-bond donors (Lipinski definition) is 2. The maximum absolute atomic E-state index is 12.2. The molecule has 1 amide bonds. The van der Waals surface area contributed by atoms with Crippen molar-refractivity contribution in [3.63, 3.8) is 0 Å². The summed E-state index contributed by atoms with van der Waals surface area (Å²) in [7, 11) is 1.68. The summed E-state index contributed by atoms with van der Waals surface area (Å²) in [4.78, 5) is 15.9. The van der Waals surface area contributed by atoms with Gasteiger partial charge in [0.2, 0.25) is 0 Å². The monoisotopic (exact) mass is 400 g/mol. The van der Waals surface area contributed by atoms with Crippen molar-refractivity contribution in [1.82, 2.24) is 5.32 Å². The van der Waals surface area contributed by atoms with Gasteiger partial charge in [-0.15, -0.1) is 0 Å². The van der Waals surface area contributed by atoms with Crippen LogP contribution in [0.1, 0.15) is 5.56 Å². The van der Waals surface area contributed by atoms with Crippen LogP contribution < -0.4 is 19.9 Å². The van der Waals surface area contributed by atoms with Gasteiger partial charge in [0.05, 0.1) is 33.3 Å². The van der Waals surface area contributed by atoms with Crippen molar-refractivity contribution in [3.8, 4) is 5.75 Å². The van der Waals surface area contributed by atoms with Crippen LogP contribution in [-0.2, 0) is 10.5 Å². The number of hydrogen-bond acceptors (Lipinski definition) is 4. The molecule has 2 aromatic carbocycles. The number of anilines is 1. The Kier molecular flexibility index (Phi) is 8.06. The molecular weight excluding hydrogens is 370 g/mol. The smallest absolute Gasteiger partial charge is 0.275 e. The number of amides is 1. The van der Waals surface area contributed by atoms with Crippen molar-refractivity contribution in [2.45, 2.75) is 5.75 Å². The SMILES string of the molecule is COc1ccc(N2CC[NH+](CC(=O)NCCSCc3ccccc3)CC2)cc1. The number of thioether (sulfide) groups is 1. The number of benzene rings is 2. The number of piperazine rings is 1. The molecule has 1 saturated heterocycles. The quantitative estimate of drug-likeness (QED) is 0.626. The van der Waals surface area contributed by atoms with Gasteiger partial charge in [-0.3, -0.25) is 4.79 Å². The average Bonchev–Trinajstić information content (AvgIpc) is 2.75. The molecule has 3 rings (SSSR count). The number of nitrogens with one attached hydrogen (secondary N) is 2. The van der Waals surface area contributed by atoms with E-state index < -0.39 is 0 Å². The molecule has 1 fully saturated rings. The van der Waals surface area contributed by atoms with Crippen molar-refractivity contribution < 1.29 is 14.4 Å². The summed E-state index contributed by atoms with van der Waals surface area (Å²) in [5.74, 6) is 2.98. The number of carbonyl (C=O) groups is 1. The van der Waals surface area contributed by atoms with Crippen molar-refractivity contribution in [2.75, 3.05) is 57.0 Å². The summed E-state index contributed by atoms with van der Waals surface area (Å²) in [5.41, 5.74) is 2.55. The third kappa shape index (κ3) is 6.46. The summed E-state index contributed by atoms with van der Waals surface area (Å²) in [6.07, 6.45) is 0. The average molecular weight is 401 g/mol. The lowest BCUT2D eigenvalue weighted by atomic mass is 10.2. The van der Waals surface area contributed by atoms with E-state index in [2.05, 4.69) is 46.6 Å². The van der Waals surface area contributed by atoms with Crippen LogP contribution in [0, 0.1) is 0 Å². The molecule has 0 atom stereocenters. The van der Waals surface area contributed by atoms with Crippen LogP contribution in [0.25, 0.3) is 0 Å². The Bertz CT molecular complexity index is 716. The number of nitrogens with zero attached hydrogens (tertiary/aromatic N) is 1. The second-order valence-electron chi connectivity index (χ2n) is 7.00. The summed E-state index contributed by atoms with van der Waals surface area (Å²) < 4.78 is 5.22. The van der Waals surface area contributed by atoms with Gasteiger partial charge in [-0.2, -0.15) is 11.8 Å². The molecule has 0 saturated carbocycles. The highest BCUT2D eigenvalue weighted by Crippen LogP contribution is 2.18. The van der Waals surface area contributed by atoms with E-state index in [1.807, 2.05) is 30.0 Å². The molecule has 150 valence electrons. The molecule has 5 nitrogen and oxygen atoms in total. The van der Waals surface area contributed by atoms with Gasteiger partial charge in [0.15, 0.2) is 6.54 Å². The highest BCUT2D eigenvalue weighted by Gasteiger charge is 2.22. The standard InChI is InChI=1S/C22H29N3O2S/c1-27-21-9-7-20(8-10-21)25-14-12-24(13-15-25)17-22(26)23-11-16-28-18-19-5-3-2-4-6-19/h2-10H,11-18H2,1H3,(H,23,26)/p+1. The first-order valence-electron chi connectivity index (χ1n) is 9.85. The van der Waals surface area contributed by atoms with Crippen LogP contribution in [0.3, 0.4) is 0 Å². The fourth-order valence-corrected chi connectivity index (χ4v) is 4.19. The second-order valence-corrected chi connectivity index (χ2v) is 8.11. The lowest BCUT2D eigenvalue weighted by Crippen LogP contribution is -3.16. The van der Waals surface area contributed by atoms with Gasteiger partial charge in [0.1, 0.15) is 5.75 Å². The summed E-state index contributed by atoms with van der Waals surface area (Å²) in [6.45, 7) is 5.23. The van der Waals surface area contributed by atoms with E-state index >= 15 is 0 Å². The molecule has 0 bridgehead atoms. The molecule has 0 aliphatic carbocycles. The van der Waals surface area contributed by atoms with Crippen molar-refractivity contribution in [1.29, 1.82) is 0 Å². The number of quaternary nitrogens is 1. The zero-order chi connectivity index (χ0) is 19.6. The lowest BCUT2D eigenvalue weighted by molar-refractivity contribution is -0.892. The van der Waals surface area contributed by atoms with E-state index in [1.54, 1.807) is 7.11 Å². The first-order chi connectivity index (χ1) is 13.7. The van der Waals surface area contributed by atoms with Gasteiger partial charge in [-0.25, -0.2) is 0 Å². The first kappa shape index (κ1) is 20.6. The van der Waals surface area contributed by atoms with Crippen molar-refractivity contribution >= 4 is 23.4 Å². The highest BCUT2D eigenvalue weighted by atomic mass is 32.2. The normalized spacial score (nSPS) is 14.7. The maximum Gasteiger partial charge on any atom is 0.275 e. The Labute approximate surface area is 172 Å².